The second-order valence-corrected chi connectivity index (χ2v) is 5.40. The lowest BCUT2D eigenvalue weighted by Gasteiger charge is -2.14. The summed E-state index contributed by atoms with van der Waals surface area (Å²) < 4.78 is 6.24. The summed E-state index contributed by atoms with van der Waals surface area (Å²) in [6, 6.07) is 5.74. The third kappa shape index (κ3) is 4.91. The third-order valence-electron chi connectivity index (χ3n) is 2.08. The highest BCUT2D eigenvalue weighted by Gasteiger charge is 2.05. The van der Waals surface area contributed by atoms with Gasteiger partial charge in [-0.15, -0.1) is 0 Å². The zero-order chi connectivity index (χ0) is 12.8. The lowest BCUT2D eigenvalue weighted by Crippen LogP contribution is -2.31. The van der Waals surface area contributed by atoms with E-state index in [1.54, 1.807) is 7.11 Å². The molecule has 1 aromatic carbocycles. The van der Waals surface area contributed by atoms with Gasteiger partial charge in [-0.05, 0) is 36.3 Å². The number of benzene rings is 1. The van der Waals surface area contributed by atoms with Crippen LogP contribution in [0, 0.1) is 5.92 Å². The van der Waals surface area contributed by atoms with Crippen LogP contribution in [0.4, 0.5) is 5.69 Å². The molecule has 0 radical (unpaired) electrons. The molecule has 0 aliphatic carbocycles. The molecule has 1 rings (SSSR count). The number of halogens is 1. The predicted octanol–water partition coefficient (Wildman–Crippen LogP) is 3.40. The molecule has 0 saturated heterocycles. The van der Waals surface area contributed by atoms with Gasteiger partial charge in [-0.2, -0.15) is 0 Å². The Morgan fingerprint density at radius 1 is 1.47 bits per heavy atom. The minimum atomic E-state index is 0.555. The van der Waals surface area contributed by atoms with E-state index in [0.29, 0.717) is 11.0 Å². The van der Waals surface area contributed by atoms with Crippen LogP contribution in [0.3, 0.4) is 0 Å². The Labute approximate surface area is 116 Å². The molecular weight excluding hydrogens is 300 g/mol. The summed E-state index contributed by atoms with van der Waals surface area (Å²) >= 11 is 8.63. The minimum absolute atomic E-state index is 0.555. The lowest BCUT2D eigenvalue weighted by molar-refractivity contribution is 0.417. The van der Waals surface area contributed by atoms with Crippen molar-refractivity contribution in [2.45, 2.75) is 13.8 Å². The number of methoxy groups -OCH3 is 1. The SMILES string of the molecule is COc1ccc(Br)cc1NC(=S)NCC(C)C. The molecule has 0 spiro atoms. The van der Waals surface area contributed by atoms with Crippen LogP contribution in [0.5, 0.6) is 5.75 Å². The number of hydrogen-bond acceptors (Lipinski definition) is 2. The van der Waals surface area contributed by atoms with Gasteiger partial charge in [0.25, 0.3) is 0 Å². The summed E-state index contributed by atoms with van der Waals surface area (Å²) in [6.07, 6.45) is 0. The highest BCUT2D eigenvalue weighted by Crippen LogP contribution is 2.27. The van der Waals surface area contributed by atoms with E-state index in [-0.39, 0.29) is 0 Å². The van der Waals surface area contributed by atoms with Crippen molar-refractivity contribution in [2.24, 2.45) is 5.92 Å². The fraction of sp³-hybridized carbons (Fsp3) is 0.417. The van der Waals surface area contributed by atoms with Crippen LogP contribution < -0.4 is 15.4 Å². The number of thiocarbonyl (C=S) groups is 1. The van der Waals surface area contributed by atoms with Crippen molar-refractivity contribution in [3.05, 3.63) is 22.7 Å². The van der Waals surface area contributed by atoms with Crippen LogP contribution >= 0.6 is 28.1 Å². The molecule has 94 valence electrons. The molecule has 0 unspecified atom stereocenters. The van der Waals surface area contributed by atoms with Gasteiger partial charge < -0.3 is 15.4 Å². The van der Waals surface area contributed by atoms with Crippen LogP contribution in [0.2, 0.25) is 0 Å². The minimum Gasteiger partial charge on any atom is -0.495 e. The van der Waals surface area contributed by atoms with E-state index >= 15 is 0 Å². The van der Waals surface area contributed by atoms with Crippen molar-refractivity contribution < 1.29 is 4.74 Å². The molecule has 0 fully saturated rings. The van der Waals surface area contributed by atoms with Crippen LogP contribution in [0.1, 0.15) is 13.8 Å². The van der Waals surface area contributed by atoms with Gasteiger partial charge in [-0.3, -0.25) is 0 Å². The van der Waals surface area contributed by atoms with Crippen LogP contribution in [0.15, 0.2) is 22.7 Å². The Bertz CT molecular complexity index is 396. The summed E-state index contributed by atoms with van der Waals surface area (Å²) in [6.45, 7) is 5.12. The standard InChI is InChI=1S/C12H17BrN2OS/c1-8(2)7-14-12(17)15-10-6-9(13)4-5-11(10)16-3/h4-6,8H,7H2,1-3H3,(H2,14,15,17). The molecule has 0 heterocycles. The number of hydrogen-bond donors (Lipinski definition) is 2. The van der Waals surface area contributed by atoms with E-state index < -0.39 is 0 Å². The number of anilines is 1. The quantitative estimate of drug-likeness (QED) is 0.834. The first kappa shape index (κ1) is 14.3. The first-order valence-corrected chi connectivity index (χ1v) is 6.61. The van der Waals surface area contributed by atoms with E-state index in [1.165, 1.54) is 0 Å². The highest BCUT2D eigenvalue weighted by molar-refractivity contribution is 9.10. The Hall–Kier alpha value is -0.810. The van der Waals surface area contributed by atoms with Crippen LogP contribution in [-0.4, -0.2) is 18.8 Å². The first-order chi connectivity index (χ1) is 8.02. The lowest BCUT2D eigenvalue weighted by atomic mass is 10.2. The average Bonchev–Trinajstić information content (AvgIpc) is 2.27. The fourth-order valence-corrected chi connectivity index (χ4v) is 1.80. The van der Waals surface area contributed by atoms with Gasteiger partial charge in [-0.25, -0.2) is 0 Å². The summed E-state index contributed by atoms with van der Waals surface area (Å²) in [5.74, 6) is 1.32. The van der Waals surface area contributed by atoms with Crippen molar-refractivity contribution in [2.75, 3.05) is 19.0 Å². The van der Waals surface area contributed by atoms with Gasteiger partial charge in [0, 0.05) is 11.0 Å². The van der Waals surface area contributed by atoms with E-state index in [4.69, 9.17) is 17.0 Å². The van der Waals surface area contributed by atoms with Crippen molar-refractivity contribution in [3.8, 4) is 5.75 Å². The monoisotopic (exact) mass is 316 g/mol. The Balaban J connectivity index is 2.66. The van der Waals surface area contributed by atoms with Gasteiger partial charge in [0.05, 0.1) is 12.8 Å². The molecule has 2 N–H and O–H groups in total. The molecule has 0 amide bonds. The van der Waals surface area contributed by atoms with Crippen LogP contribution in [-0.2, 0) is 0 Å². The van der Waals surface area contributed by atoms with E-state index in [0.717, 1.165) is 22.5 Å². The molecule has 1 aromatic rings. The fourth-order valence-electron chi connectivity index (χ4n) is 1.24. The zero-order valence-electron chi connectivity index (χ0n) is 10.2. The van der Waals surface area contributed by atoms with Gasteiger partial charge in [0.15, 0.2) is 5.11 Å². The first-order valence-electron chi connectivity index (χ1n) is 5.41. The average molecular weight is 317 g/mol. The Morgan fingerprint density at radius 3 is 2.76 bits per heavy atom. The van der Waals surface area contributed by atoms with E-state index in [2.05, 4.69) is 40.4 Å². The number of ether oxygens (including phenoxy) is 1. The molecule has 0 aliphatic rings. The van der Waals surface area contributed by atoms with E-state index in [1.807, 2.05) is 18.2 Å². The van der Waals surface area contributed by atoms with Crippen LogP contribution in [0.25, 0.3) is 0 Å². The van der Waals surface area contributed by atoms with Crippen molar-refractivity contribution in [1.29, 1.82) is 0 Å². The second-order valence-electron chi connectivity index (χ2n) is 4.07. The maximum atomic E-state index is 5.26. The van der Waals surface area contributed by atoms with Crippen molar-refractivity contribution in [3.63, 3.8) is 0 Å². The maximum absolute atomic E-state index is 5.26. The second kappa shape index (κ2) is 6.81. The van der Waals surface area contributed by atoms with Gasteiger partial charge >= 0.3 is 0 Å². The van der Waals surface area contributed by atoms with Crippen molar-refractivity contribution in [1.82, 2.24) is 5.32 Å². The molecule has 3 nitrogen and oxygen atoms in total. The third-order valence-corrected chi connectivity index (χ3v) is 2.82. The summed E-state index contributed by atoms with van der Waals surface area (Å²) in [7, 11) is 1.64. The zero-order valence-corrected chi connectivity index (χ0v) is 12.6. The molecule has 0 atom stereocenters. The normalized spacial score (nSPS) is 10.2. The maximum Gasteiger partial charge on any atom is 0.170 e. The highest BCUT2D eigenvalue weighted by atomic mass is 79.9. The van der Waals surface area contributed by atoms with Gasteiger partial charge in [0.2, 0.25) is 0 Å². The molecule has 0 aliphatic heterocycles. The molecule has 0 bridgehead atoms. The smallest absolute Gasteiger partial charge is 0.170 e. The van der Waals surface area contributed by atoms with Gasteiger partial charge in [0.1, 0.15) is 5.75 Å². The molecule has 17 heavy (non-hydrogen) atoms. The summed E-state index contributed by atoms with van der Waals surface area (Å²) in [4.78, 5) is 0. The number of rotatable bonds is 4. The predicted molar refractivity (Wildman–Crippen MR) is 79.8 cm³/mol. The van der Waals surface area contributed by atoms with Crippen molar-refractivity contribution >= 4 is 38.9 Å². The molecule has 0 aromatic heterocycles. The largest absolute Gasteiger partial charge is 0.495 e. The summed E-state index contributed by atoms with van der Waals surface area (Å²) in [5.41, 5.74) is 0.850. The summed E-state index contributed by atoms with van der Waals surface area (Å²) in [5, 5.41) is 6.88. The van der Waals surface area contributed by atoms with Gasteiger partial charge in [-0.1, -0.05) is 29.8 Å². The Kier molecular flexibility index (Phi) is 5.71. The molecule has 0 saturated carbocycles. The topological polar surface area (TPSA) is 33.3 Å². The number of nitrogens with one attached hydrogen (secondary N) is 2. The molecule has 5 heteroatoms. The Morgan fingerprint density at radius 2 is 2.18 bits per heavy atom. The molecular formula is C12H17BrN2OS. The van der Waals surface area contributed by atoms with E-state index in [9.17, 15) is 0 Å².